The second-order valence-electron chi connectivity index (χ2n) is 4.17. The molecule has 1 atom stereocenters. The van der Waals surface area contributed by atoms with Gasteiger partial charge >= 0.3 is 0 Å². The zero-order chi connectivity index (χ0) is 10.7. The summed E-state index contributed by atoms with van der Waals surface area (Å²) in [5.74, 6) is 0.626. The normalized spacial score (nSPS) is 20.1. The summed E-state index contributed by atoms with van der Waals surface area (Å²) in [6.45, 7) is 2.21. The Morgan fingerprint density at radius 3 is 2.73 bits per heavy atom. The third-order valence-electron chi connectivity index (χ3n) is 3.13. The van der Waals surface area contributed by atoms with Gasteiger partial charge in [-0.2, -0.15) is 0 Å². The van der Waals surface area contributed by atoms with Crippen molar-refractivity contribution in [3.8, 4) is 0 Å². The van der Waals surface area contributed by atoms with E-state index in [4.69, 9.17) is 5.73 Å². The van der Waals surface area contributed by atoms with Crippen LogP contribution in [0.5, 0.6) is 0 Å². The lowest BCUT2D eigenvalue weighted by molar-refractivity contribution is 0.322. The van der Waals surface area contributed by atoms with Gasteiger partial charge in [-0.1, -0.05) is 28.1 Å². The molecule has 1 fully saturated rings. The molecule has 15 heavy (non-hydrogen) atoms. The van der Waals surface area contributed by atoms with Crippen LogP contribution < -0.4 is 11.1 Å². The van der Waals surface area contributed by atoms with Crippen molar-refractivity contribution < 1.29 is 0 Å². The quantitative estimate of drug-likeness (QED) is 0.865. The summed E-state index contributed by atoms with van der Waals surface area (Å²) < 4.78 is 1.12. The van der Waals surface area contributed by atoms with Crippen LogP contribution in [-0.2, 0) is 0 Å². The fraction of sp³-hybridized carbons (Fsp3) is 0.500. The maximum absolute atomic E-state index is 6.29. The average molecular weight is 269 g/mol. The van der Waals surface area contributed by atoms with Crippen LogP contribution in [0.25, 0.3) is 0 Å². The van der Waals surface area contributed by atoms with Gasteiger partial charge in [0.15, 0.2) is 0 Å². The minimum Gasteiger partial charge on any atom is -0.324 e. The molecule has 1 aromatic carbocycles. The zero-order valence-electron chi connectivity index (χ0n) is 8.75. The molecule has 1 saturated heterocycles. The highest BCUT2D eigenvalue weighted by molar-refractivity contribution is 9.10. The van der Waals surface area contributed by atoms with E-state index in [1.165, 1.54) is 18.4 Å². The van der Waals surface area contributed by atoms with E-state index >= 15 is 0 Å². The van der Waals surface area contributed by atoms with Crippen LogP contribution in [-0.4, -0.2) is 13.1 Å². The van der Waals surface area contributed by atoms with Crippen LogP contribution in [0.4, 0.5) is 0 Å². The Morgan fingerprint density at radius 1 is 1.33 bits per heavy atom. The van der Waals surface area contributed by atoms with E-state index in [1.54, 1.807) is 0 Å². The summed E-state index contributed by atoms with van der Waals surface area (Å²) in [4.78, 5) is 0. The van der Waals surface area contributed by atoms with Gasteiger partial charge in [-0.3, -0.25) is 0 Å². The van der Waals surface area contributed by atoms with Crippen LogP contribution in [0.15, 0.2) is 28.7 Å². The Morgan fingerprint density at radius 2 is 2.07 bits per heavy atom. The standard InChI is InChI=1S/C12H17BrN2/c13-11-3-1-2-10(8-11)12(14)9-4-6-15-7-5-9/h1-3,8-9,12,15H,4-7,14H2/t12-/m1/s1. The van der Waals surface area contributed by atoms with Crippen molar-refractivity contribution in [1.82, 2.24) is 5.32 Å². The Labute approximate surface area is 99.4 Å². The second kappa shape index (κ2) is 5.10. The molecule has 3 heteroatoms. The summed E-state index contributed by atoms with van der Waals surface area (Å²) in [5, 5.41) is 3.37. The molecule has 0 unspecified atom stereocenters. The lowest BCUT2D eigenvalue weighted by Gasteiger charge is -2.28. The summed E-state index contributed by atoms with van der Waals surface area (Å²) in [6, 6.07) is 8.54. The van der Waals surface area contributed by atoms with Gasteiger partial charge in [-0.05, 0) is 49.5 Å². The summed E-state index contributed by atoms with van der Waals surface area (Å²) in [7, 11) is 0. The van der Waals surface area contributed by atoms with E-state index in [0.717, 1.165) is 17.6 Å². The van der Waals surface area contributed by atoms with Crippen molar-refractivity contribution in [3.63, 3.8) is 0 Å². The lowest BCUT2D eigenvalue weighted by Crippen LogP contribution is -2.33. The first-order valence-corrected chi connectivity index (χ1v) is 6.28. The number of hydrogen-bond acceptors (Lipinski definition) is 2. The van der Waals surface area contributed by atoms with E-state index in [2.05, 4.69) is 39.4 Å². The molecule has 82 valence electrons. The smallest absolute Gasteiger partial charge is 0.0324 e. The predicted octanol–water partition coefficient (Wildman–Crippen LogP) is 2.45. The fourth-order valence-corrected chi connectivity index (χ4v) is 2.61. The molecule has 0 spiro atoms. The van der Waals surface area contributed by atoms with Gasteiger partial charge in [0, 0.05) is 10.5 Å². The third kappa shape index (κ3) is 2.80. The zero-order valence-corrected chi connectivity index (χ0v) is 10.3. The summed E-state index contributed by atoms with van der Waals surface area (Å²) >= 11 is 3.49. The summed E-state index contributed by atoms with van der Waals surface area (Å²) in [5.41, 5.74) is 7.54. The first kappa shape index (κ1) is 11.1. The van der Waals surface area contributed by atoms with E-state index in [-0.39, 0.29) is 6.04 Å². The number of piperidine rings is 1. The number of hydrogen-bond donors (Lipinski definition) is 2. The molecule has 1 heterocycles. The van der Waals surface area contributed by atoms with Crippen LogP contribution >= 0.6 is 15.9 Å². The molecule has 0 aromatic heterocycles. The monoisotopic (exact) mass is 268 g/mol. The molecular formula is C12H17BrN2. The number of benzene rings is 1. The van der Waals surface area contributed by atoms with Gasteiger partial charge in [0.1, 0.15) is 0 Å². The Balaban J connectivity index is 2.08. The Kier molecular flexibility index (Phi) is 3.78. The Hall–Kier alpha value is -0.380. The fourth-order valence-electron chi connectivity index (χ4n) is 2.19. The minimum atomic E-state index is 0.185. The van der Waals surface area contributed by atoms with E-state index in [0.29, 0.717) is 5.92 Å². The van der Waals surface area contributed by atoms with Gasteiger partial charge in [0.05, 0.1) is 0 Å². The second-order valence-corrected chi connectivity index (χ2v) is 5.08. The van der Waals surface area contributed by atoms with E-state index < -0.39 is 0 Å². The molecule has 1 aliphatic rings. The van der Waals surface area contributed by atoms with Crippen LogP contribution in [0.3, 0.4) is 0 Å². The van der Waals surface area contributed by atoms with Crippen molar-refractivity contribution in [2.75, 3.05) is 13.1 Å². The van der Waals surface area contributed by atoms with Gasteiger partial charge in [-0.15, -0.1) is 0 Å². The Bertz CT molecular complexity index is 321. The SMILES string of the molecule is N[C@@H](c1cccc(Br)c1)C1CCNCC1. The molecule has 0 saturated carbocycles. The molecule has 3 N–H and O–H groups in total. The molecular weight excluding hydrogens is 252 g/mol. The van der Waals surface area contributed by atoms with Gasteiger partial charge in [0.2, 0.25) is 0 Å². The minimum absolute atomic E-state index is 0.185. The number of rotatable bonds is 2. The molecule has 2 rings (SSSR count). The predicted molar refractivity (Wildman–Crippen MR) is 66.7 cm³/mol. The van der Waals surface area contributed by atoms with Gasteiger partial charge in [0.25, 0.3) is 0 Å². The highest BCUT2D eigenvalue weighted by Crippen LogP contribution is 2.27. The first-order valence-electron chi connectivity index (χ1n) is 5.49. The van der Waals surface area contributed by atoms with Crippen LogP contribution in [0.1, 0.15) is 24.4 Å². The third-order valence-corrected chi connectivity index (χ3v) is 3.62. The van der Waals surface area contributed by atoms with E-state index in [1.807, 2.05) is 6.07 Å². The number of nitrogens with one attached hydrogen (secondary N) is 1. The molecule has 1 aliphatic heterocycles. The highest BCUT2D eigenvalue weighted by Gasteiger charge is 2.21. The van der Waals surface area contributed by atoms with Crippen molar-refractivity contribution in [1.29, 1.82) is 0 Å². The van der Waals surface area contributed by atoms with Crippen LogP contribution in [0, 0.1) is 5.92 Å². The maximum atomic E-state index is 6.29. The summed E-state index contributed by atoms with van der Waals surface area (Å²) in [6.07, 6.45) is 2.38. The highest BCUT2D eigenvalue weighted by atomic mass is 79.9. The van der Waals surface area contributed by atoms with Gasteiger partial charge < -0.3 is 11.1 Å². The number of nitrogens with two attached hydrogens (primary N) is 1. The molecule has 0 amide bonds. The first-order chi connectivity index (χ1) is 7.27. The maximum Gasteiger partial charge on any atom is 0.0324 e. The molecule has 0 radical (unpaired) electrons. The molecule has 1 aromatic rings. The topological polar surface area (TPSA) is 38.0 Å². The molecule has 2 nitrogen and oxygen atoms in total. The largest absolute Gasteiger partial charge is 0.324 e. The van der Waals surface area contributed by atoms with Crippen molar-refractivity contribution >= 4 is 15.9 Å². The van der Waals surface area contributed by atoms with Crippen molar-refractivity contribution in [3.05, 3.63) is 34.3 Å². The molecule has 0 aliphatic carbocycles. The van der Waals surface area contributed by atoms with Crippen LogP contribution in [0.2, 0.25) is 0 Å². The average Bonchev–Trinajstić information content (AvgIpc) is 2.29. The van der Waals surface area contributed by atoms with Gasteiger partial charge in [-0.25, -0.2) is 0 Å². The number of halogens is 1. The lowest BCUT2D eigenvalue weighted by atomic mass is 9.87. The van der Waals surface area contributed by atoms with E-state index in [9.17, 15) is 0 Å². The molecule has 0 bridgehead atoms. The van der Waals surface area contributed by atoms with Crippen molar-refractivity contribution in [2.45, 2.75) is 18.9 Å². The van der Waals surface area contributed by atoms with Crippen molar-refractivity contribution in [2.24, 2.45) is 11.7 Å².